The van der Waals surface area contributed by atoms with Crippen molar-refractivity contribution in [3.63, 3.8) is 0 Å². The maximum absolute atomic E-state index is 13.6. The molecular weight excluding hydrogens is 373 g/mol. The molecule has 2 rings (SSSR count). The molecule has 1 heterocycles. The molecule has 29 heavy (non-hydrogen) atoms. The lowest BCUT2D eigenvalue weighted by atomic mass is 9.97. The highest BCUT2D eigenvalue weighted by atomic mass is 19.1. The van der Waals surface area contributed by atoms with Gasteiger partial charge in [0.15, 0.2) is 0 Å². The summed E-state index contributed by atoms with van der Waals surface area (Å²) in [4.78, 5) is 13.9. The van der Waals surface area contributed by atoms with Crippen molar-refractivity contribution >= 4 is 17.5 Å². The first-order valence-electron chi connectivity index (χ1n) is 9.50. The molecule has 2 N–H and O–H groups in total. The number of anilines is 2. The highest BCUT2D eigenvalue weighted by Crippen LogP contribution is 2.25. The number of likely N-dealkylation sites (tertiary alicyclic amines) is 1. The van der Waals surface area contributed by atoms with Gasteiger partial charge in [0, 0.05) is 25.8 Å². The van der Waals surface area contributed by atoms with Gasteiger partial charge in [-0.1, -0.05) is 0 Å². The number of hydrogen-bond acceptors (Lipinski definition) is 6. The van der Waals surface area contributed by atoms with E-state index in [0.717, 1.165) is 12.8 Å². The molecule has 0 unspecified atom stereocenters. The molecule has 0 radical (unpaired) electrons. The topological polar surface area (TPSA) is 101 Å². The van der Waals surface area contributed by atoms with Crippen LogP contribution in [0.3, 0.4) is 0 Å². The van der Waals surface area contributed by atoms with Crippen molar-refractivity contribution in [2.24, 2.45) is 5.92 Å². The molecule has 1 aliphatic rings. The quantitative estimate of drug-likeness (QED) is 0.719. The van der Waals surface area contributed by atoms with Crippen molar-refractivity contribution in [1.29, 1.82) is 10.5 Å². The minimum absolute atomic E-state index is 0.102. The number of piperidine rings is 1. The summed E-state index contributed by atoms with van der Waals surface area (Å²) in [6.45, 7) is 7.47. The Morgan fingerprint density at radius 3 is 2.52 bits per heavy atom. The molecular formula is C21H26FN5O2. The summed E-state index contributed by atoms with van der Waals surface area (Å²) in [5.41, 5.74) is 0.508. The van der Waals surface area contributed by atoms with Crippen molar-refractivity contribution in [2.45, 2.75) is 39.2 Å². The van der Waals surface area contributed by atoms with E-state index >= 15 is 0 Å². The van der Waals surface area contributed by atoms with E-state index < -0.39 is 11.4 Å². The fourth-order valence-electron chi connectivity index (χ4n) is 2.93. The maximum Gasteiger partial charge on any atom is 0.410 e. The molecule has 8 heteroatoms. The molecule has 1 saturated heterocycles. The first kappa shape index (κ1) is 22.0. The second-order valence-corrected chi connectivity index (χ2v) is 7.91. The van der Waals surface area contributed by atoms with Crippen molar-refractivity contribution in [1.82, 2.24) is 4.90 Å². The number of nitriles is 2. The minimum Gasteiger partial charge on any atom is -0.444 e. The number of allylic oxidation sites excluding steroid dienone is 1. The number of halogens is 1. The lowest BCUT2D eigenvalue weighted by Crippen LogP contribution is -2.42. The van der Waals surface area contributed by atoms with E-state index in [1.165, 1.54) is 18.3 Å². The van der Waals surface area contributed by atoms with Gasteiger partial charge in [-0.2, -0.15) is 10.5 Å². The molecule has 0 saturated carbocycles. The predicted octanol–water partition coefficient (Wildman–Crippen LogP) is 4.23. The van der Waals surface area contributed by atoms with Crippen LogP contribution < -0.4 is 10.6 Å². The lowest BCUT2D eigenvalue weighted by molar-refractivity contribution is 0.0188. The summed E-state index contributed by atoms with van der Waals surface area (Å²) in [5, 5.41) is 23.7. The number of ether oxygens (including phenoxy) is 1. The van der Waals surface area contributed by atoms with E-state index in [-0.39, 0.29) is 11.7 Å². The fourth-order valence-corrected chi connectivity index (χ4v) is 2.93. The van der Waals surface area contributed by atoms with Crippen molar-refractivity contribution in [2.75, 3.05) is 30.3 Å². The van der Waals surface area contributed by atoms with Gasteiger partial charge in [0.25, 0.3) is 0 Å². The van der Waals surface area contributed by atoms with Crippen molar-refractivity contribution < 1.29 is 13.9 Å². The van der Waals surface area contributed by atoms with E-state index in [0.29, 0.717) is 36.9 Å². The molecule has 1 aliphatic heterocycles. The number of benzene rings is 1. The molecule has 0 bridgehead atoms. The Morgan fingerprint density at radius 1 is 1.28 bits per heavy atom. The maximum atomic E-state index is 13.6. The number of nitrogens with zero attached hydrogens (tertiary/aromatic N) is 3. The van der Waals surface area contributed by atoms with E-state index in [1.54, 1.807) is 23.1 Å². The zero-order valence-corrected chi connectivity index (χ0v) is 17.0. The normalized spacial score (nSPS) is 14.3. The third kappa shape index (κ3) is 7.00. The number of amides is 1. The van der Waals surface area contributed by atoms with E-state index in [4.69, 9.17) is 15.3 Å². The van der Waals surface area contributed by atoms with E-state index in [2.05, 4.69) is 10.6 Å². The van der Waals surface area contributed by atoms with Gasteiger partial charge in [0.1, 0.15) is 29.1 Å². The molecule has 0 spiro atoms. The summed E-state index contributed by atoms with van der Waals surface area (Å²) in [5.74, 6) is -0.0662. The SMILES string of the molecule is CC(C)(C)OC(=O)N1CCC(CNc2ccc(F)cc2NC=C(C#N)C#N)CC1. The summed E-state index contributed by atoms with van der Waals surface area (Å²) in [6, 6.07) is 7.75. The van der Waals surface area contributed by atoms with Crippen LogP contribution in [0.5, 0.6) is 0 Å². The summed E-state index contributed by atoms with van der Waals surface area (Å²) in [7, 11) is 0. The summed E-state index contributed by atoms with van der Waals surface area (Å²) < 4.78 is 19.0. The second-order valence-electron chi connectivity index (χ2n) is 7.91. The predicted molar refractivity (Wildman–Crippen MR) is 108 cm³/mol. The van der Waals surface area contributed by atoms with Crippen LogP contribution in [0.1, 0.15) is 33.6 Å². The third-order valence-corrected chi connectivity index (χ3v) is 4.44. The zero-order chi connectivity index (χ0) is 21.4. The average Bonchev–Trinajstić information content (AvgIpc) is 2.67. The fraction of sp³-hybridized carbons (Fsp3) is 0.476. The Morgan fingerprint density at radius 2 is 1.93 bits per heavy atom. The first-order chi connectivity index (χ1) is 13.7. The zero-order valence-electron chi connectivity index (χ0n) is 17.0. The first-order valence-corrected chi connectivity index (χ1v) is 9.50. The Labute approximate surface area is 170 Å². The number of nitrogens with one attached hydrogen (secondary N) is 2. The second kappa shape index (κ2) is 9.79. The van der Waals surface area contributed by atoms with Crippen molar-refractivity contribution in [3.8, 4) is 12.1 Å². The van der Waals surface area contributed by atoms with Gasteiger partial charge in [-0.15, -0.1) is 0 Å². The average molecular weight is 399 g/mol. The molecule has 1 aromatic rings. The Balaban J connectivity index is 1.91. The number of carbonyl (C=O) groups excluding carboxylic acids is 1. The van der Waals surface area contributed by atoms with Crippen LogP contribution in [0.15, 0.2) is 30.0 Å². The Hall–Kier alpha value is -3.26. The van der Waals surface area contributed by atoms with E-state index in [9.17, 15) is 9.18 Å². The Bertz CT molecular complexity index is 824. The number of rotatable bonds is 5. The smallest absolute Gasteiger partial charge is 0.410 e. The number of hydrogen-bond donors (Lipinski definition) is 2. The largest absolute Gasteiger partial charge is 0.444 e. The van der Waals surface area contributed by atoms with Crippen LogP contribution >= 0.6 is 0 Å². The minimum atomic E-state index is -0.507. The van der Waals surface area contributed by atoms with Gasteiger partial charge in [0.05, 0.1) is 11.4 Å². The van der Waals surface area contributed by atoms with Crippen LogP contribution in [-0.4, -0.2) is 36.2 Å². The lowest BCUT2D eigenvalue weighted by Gasteiger charge is -2.33. The standard InChI is InChI=1S/C21H26FN5O2/c1-21(2,3)29-20(28)27-8-6-15(7-9-27)13-25-18-5-4-17(22)10-19(18)26-14-16(11-23)12-24/h4-5,10,14-15,25-26H,6-9,13H2,1-3H3. The molecule has 1 aromatic carbocycles. The van der Waals surface area contributed by atoms with Crippen LogP contribution in [0.25, 0.3) is 0 Å². The van der Waals surface area contributed by atoms with E-state index in [1.807, 2.05) is 20.8 Å². The Kier molecular flexibility index (Phi) is 7.44. The van der Waals surface area contributed by atoms with Gasteiger partial charge >= 0.3 is 6.09 Å². The molecule has 1 fully saturated rings. The summed E-state index contributed by atoms with van der Waals surface area (Å²) >= 11 is 0. The number of carbonyl (C=O) groups is 1. The molecule has 0 aliphatic carbocycles. The van der Waals surface area contributed by atoms with Crippen LogP contribution in [0, 0.1) is 34.4 Å². The molecule has 154 valence electrons. The van der Waals surface area contributed by atoms with Gasteiger partial charge in [-0.05, 0) is 57.7 Å². The highest BCUT2D eigenvalue weighted by molar-refractivity contribution is 5.70. The monoisotopic (exact) mass is 399 g/mol. The molecule has 0 atom stereocenters. The van der Waals surface area contributed by atoms with Crippen molar-refractivity contribution in [3.05, 3.63) is 35.8 Å². The van der Waals surface area contributed by atoms with Gasteiger partial charge in [0.2, 0.25) is 0 Å². The van der Waals surface area contributed by atoms with Crippen LogP contribution in [-0.2, 0) is 4.74 Å². The van der Waals surface area contributed by atoms with Gasteiger partial charge in [-0.3, -0.25) is 0 Å². The third-order valence-electron chi connectivity index (χ3n) is 4.44. The van der Waals surface area contributed by atoms with Crippen LogP contribution in [0.2, 0.25) is 0 Å². The van der Waals surface area contributed by atoms with Crippen LogP contribution in [0.4, 0.5) is 20.6 Å². The molecule has 7 nitrogen and oxygen atoms in total. The molecule has 1 amide bonds. The molecule has 0 aromatic heterocycles. The summed E-state index contributed by atoms with van der Waals surface area (Å²) in [6.07, 6.45) is 2.64. The van der Waals surface area contributed by atoms with Gasteiger partial charge in [-0.25, -0.2) is 9.18 Å². The van der Waals surface area contributed by atoms with Gasteiger partial charge < -0.3 is 20.3 Å². The highest BCUT2D eigenvalue weighted by Gasteiger charge is 2.26.